The quantitative estimate of drug-likeness (QED) is 0.721. The lowest BCUT2D eigenvalue weighted by Crippen LogP contribution is -2.41. The number of aryl methyl sites for hydroxylation is 2. The summed E-state index contributed by atoms with van der Waals surface area (Å²) in [4.78, 5) is 27.2. The van der Waals surface area contributed by atoms with Gasteiger partial charge in [0, 0.05) is 7.05 Å². The van der Waals surface area contributed by atoms with Crippen molar-refractivity contribution < 1.29 is 18.3 Å². The number of carboxylic acid groups (broad SMARTS) is 1. The molecule has 0 aliphatic rings. The number of rotatable bonds is 7. The Morgan fingerprint density at radius 1 is 1.44 bits per heavy atom. The number of nitrogens with zero attached hydrogens (tertiary/aromatic N) is 2. The number of sulfonamides is 1. The largest absolute Gasteiger partial charge is 0.480 e. The van der Waals surface area contributed by atoms with Crippen molar-refractivity contribution in [1.29, 1.82) is 0 Å². The van der Waals surface area contributed by atoms with Gasteiger partial charge in [-0.3, -0.25) is 9.59 Å². The van der Waals surface area contributed by atoms with Crippen molar-refractivity contribution in [2.24, 2.45) is 7.05 Å². The molecule has 0 amide bonds. The highest BCUT2D eigenvalue weighted by Gasteiger charge is 2.25. The fraction of sp³-hybridized carbons (Fsp3) is 0.400. The van der Waals surface area contributed by atoms with E-state index in [1.54, 1.807) is 14.0 Å². The van der Waals surface area contributed by atoms with Gasteiger partial charge in [0.15, 0.2) is 0 Å². The Bertz CT molecular complexity index is 969. The smallest absolute Gasteiger partial charge is 0.321 e. The maximum atomic E-state index is 12.5. The van der Waals surface area contributed by atoms with Crippen molar-refractivity contribution in [2.75, 3.05) is 12.0 Å². The molecule has 0 radical (unpaired) electrons. The Morgan fingerprint density at radius 3 is 2.72 bits per heavy atom. The third kappa shape index (κ3) is 4.20. The summed E-state index contributed by atoms with van der Waals surface area (Å²) in [5.41, 5.74) is 0.829. The molecule has 1 atom stereocenters. The van der Waals surface area contributed by atoms with E-state index in [0.717, 1.165) is 0 Å². The summed E-state index contributed by atoms with van der Waals surface area (Å²) in [6, 6.07) is 2.93. The number of carboxylic acids is 1. The number of hydrogen-bond donors (Lipinski definition) is 2. The van der Waals surface area contributed by atoms with Crippen LogP contribution in [-0.4, -0.2) is 47.1 Å². The molecule has 1 aromatic heterocycles. The topological polar surface area (TPSA) is 118 Å². The number of fused-ring (bicyclic) bond motifs is 1. The Balaban J connectivity index is 2.44. The highest BCUT2D eigenvalue weighted by Crippen LogP contribution is 2.17. The molecule has 10 heteroatoms. The molecule has 1 unspecified atom stereocenters. The lowest BCUT2D eigenvalue weighted by atomic mass is 10.2. The maximum Gasteiger partial charge on any atom is 0.321 e. The van der Waals surface area contributed by atoms with Crippen LogP contribution in [0.1, 0.15) is 12.1 Å². The van der Waals surface area contributed by atoms with Crippen LogP contribution in [0.25, 0.3) is 11.0 Å². The second kappa shape index (κ2) is 7.54. The van der Waals surface area contributed by atoms with Crippen molar-refractivity contribution in [3.05, 3.63) is 34.2 Å². The first-order chi connectivity index (χ1) is 11.7. The number of thioether (sulfide) groups is 1. The number of aliphatic carboxylic acids is 1. The van der Waals surface area contributed by atoms with Crippen LogP contribution in [0.2, 0.25) is 0 Å². The van der Waals surface area contributed by atoms with Gasteiger partial charge in [-0.25, -0.2) is 13.4 Å². The van der Waals surface area contributed by atoms with Gasteiger partial charge < -0.3 is 9.67 Å². The number of nitrogens with one attached hydrogen (secondary N) is 1. The van der Waals surface area contributed by atoms with Crippen molar-refractivity contribution in [2.45, 2.75) is 24.3 Å². The van der Waals surface area contributed by atoms with Crippen LogP contribution in [0.5, 0.6) is 0 Å². The van der Waals surface area contributed by atoms with Gasteiger partial charge in [-0.05, 0) is 43.6 Å². The zero-order valence-electron chi connectivity index (χ0n) is 14.0. The monoisotopic (exact) mass is 385 g/mol. The predicted octanol–water partition coefficient (Wildman–Crippen LogP) is 0.727. The second-order valence-electron chi connectivity index (χ2n) is 5.51. The van der Waals surface area contributed by atoms with Gasteiger partial charge in [-0.2, -0.15) is 16.5 Å². The Kier molecular flexibility index (Phi) is 5.86. The molecule has 1 heterocycles. The average Bonchev–Trinajstić information content (AvgIpc) is 2.55. The Morgan fingerprint density at radius 2 is 2.12 bits per heavy atom. The van der Waals surface area contributed by atoms with Crippen LogP contribution in [-0.2, 0) is 21.9 Å². The van der Waals surface area contributed by atoms with E-state index >= 15 is 0 Å². The molecule has 2 N–H and O–H groups in total. The first-order valence-corrected chi connectivity index (χ1v) is 10.3. The molecule has 0 saturated carbocycles. The first kappa shape index (κ1) is 19.4. The molecule has 136 valence electrons. The molecule has 0 aliphatic heterocycles. The minimum Gasteiger partial charge on any atom is -0.480 e. The van der Waals surface area contributed by atoms with Gasteiger partial charge in [-0.15, -0.1) is 0 Å². The van der Waals surface area contributed by atoms with Crippen molar-refractivity contribution in [3.8, 4) is 0 Å². The zero-order chi connectivity index (χ0) is 18.8. The van der Waals surface area contributed by atoms with Gasteiger partial charge >= 0.3 is 5.97 Å². The van der Waals surface area contributed by atoms with Crippen molar-refractivity contribution in [1.82, 2.24) is 14.3 Å². The molecular weight excluding hydrogens is 366 g/mol. The third-order valence-electron chi connectivity index (χ3n) is 3.73. The lowest BCUT2D eigenvalue weighted by molar-refractivity contribution is -0.139. The van der Waals surface area contributed by atoms with E-state index in [2.05, 4.69) is 9.71 Å². The van der Waals surface area contributed by atoms with Crippen LogP contribution in [0.4, 0.5) is 0 Å². The van der Waals surface area contributed by atoms with Crippen LogP contribution in [0.3, 0.4) is 0 Å². The van der Waals surface area contributed by atoms with E-state index in [4.69, 9.17) is 0 Å². The summed E-state index contributed by atoms with van der Waals surface area (Å²) in [6.45, 7) is 1.55. The number of aromatic nitrogens is 2. The van der Waals surface area contributed by atoms with Crippen LogP contribution in [0.15, 0.2) is 27.9 Å². The van der Waals surface area contributed by atoms with E-state index in [9.17, 15) is 23.1 Å². The Labute approximate surface area is 149 Å². The summed E-state index contributed by atoms with van der Waals surface area (Å²) >= 11 is 1.44. The molecule has 1 aromatic carbocycles. The summed E-state index contributed by atoms with van der Waals surface area (Å²) in [5.74, 6) is -0.713. The molecule has 2 rings (SSSR count). The second-order valence-corrected chi connectivity index (χ2v) is 8.21. The van der Waals surface area contributed by atoms with Crippen molar-refractivity contribution in [3.63, 3.8) is 0 Å². The summed E-state index contributed by atoms with van der Waals surface area (Å²) < 4.78 is 28.6. The summed E-state index contributed by atoms with van der Waals surface area (Å²) in [5, 5.41) is 9.20. The van der Waals surface area contributed by atoms with Crippen molar-refractivity contribution >= 4 is 38.8 Å². The van der Waals surface area contributed by atoms with E-state index in [1.165, 1.54) is 34.5 Å². The Hall–Kier alpha value is -1.91. The predicted molar refractivity (Wildman–Crippen MR) is 96.5 cm³/mol. The fourth-order valence-electron chi connectivity index (χ4n) is 2.35. The molecule has 0 fully saturated rings. The van der Waals surface area contributed by atoms with Gasteiger partial charge in [0.1, 0.15) is 11.7 Å². The summed E-state index contributed by atoms with van der Waals surface area (Å²) in [7, 11) is -2.45. The standard InChI is InChI=1S/C15H19N3O5S2/c1-9-14(19)18(2)13-5-4-10(8-12(13)16-9)25(22,23)17-11(15(20)21)6-7-24-3/h4-5,8,11,17H,6-7H2,1-3H3,(H,20,21). The third-order valence-corrected chi connectivity index (χ3v) is 5.84. The number of benzene rings is 1. The zero-order valence-corrected chi connectivity index (χ0v) is 15.6. The van der Waals surface area contributed by atoms with Gasteiger partial charge in [0.25, 0.3) is 5.56 Å². The molecule has 8 nitrogen and oxygen atoms in total. The maximum absolute atomic E-state index is 12.5. The highest BCUT2D eigenvalue weighted by atomic mass is 32.2. The SMILES string of the molecule is CSCCC(NS(=O)(=O)c1ccc2c(c1)nc(C)c(=O)n2C)C(=O)O. The number of carbonyl (C=O) groups is 1. The van der Waals surface area contributed by atoms with E-state index in [0.29, 0.717) is 16.8 Å². The lowest BCUT2D eigenvalue weighted by Gasteiger charge is -2.15. The molecule has 0 bridgehead atoms. The van der Waals surface area contributed by atoms with E-state index in [1.807, 2.05) is 6.26 Å². The molecule has 25 heavy (non-hydrogen) atoms. The van der Waals surface area contributed by atoms with Gasteiger partial charge in [0.05, 0.1) is 15.9 Å². The van der Waals surface area contributed by atoms with Crippen LogP contribution >= 0.6 is 11.8 Å². The van der Waals surface area contributed by atoms with Crippen LogP contribution < -0.4 is 10.3 Å². The molecule has 2 aromatic rings. The first-order valence-electron chi connectivity index (χ1n) is 7.39. The molecule has 0 aliphatic carbocycles. The minimum absolute atomic E-state index is 0.0963. The average molecular weight is 385 g/mol. The minimum atomic E-state index is -4.03. The normalized spacial score (nSPS) is 13.1. The van der Waals surface area contributed by atoms with Gasteiger partial charge in [0.2, 0.25) is 10.0 Å². The summed E-state index contributed by atoms with van der Waals surface area (Å²) in [6.07, 6.45) is 1.99. The van der Waals surface area contributed by atoms with Crippen LogP contribution in [0, 0.1) is 6.92 Å². The number of hydrogen-bond acceptors (Lipinski definition) is 6. The highest BCUT2D eigenvalue weighted by molar-refractivity contribution is 7.98. The van der Waals surface area contributed by atoms with E-state index < -0.39 is 22.0 Å². The molecule has 0 saturated heterocycles. The fourth-order valence-corrected chi connectivity index (χ4v) is 4.06. The molecular formula is C15H19N3O5S2. The molecule has 0 spiro atoms. The van der Waals surface area contributed by atoms with Gasteiger partial charge in [-0.1, -0.05) is 0 Å². The van der Waals surface area contributed by atoms with E-state index in [-0.39, 0.29) is 22.6 Å².